The van der Waals surface area contributed by atoms with Gasteiger partial charge in [-0.1, -0.05) is 13.8 Å². The van der Waals surface area contributed by atoms with Gasteiger partial charge in [0.1, 0.15) is 0 Å². The molecule has 20 heavy (non-hydrogen) atoms. The normalized spacial score (nSPS) is 40.1. The summed E-state index contributed by atoms with van der Waals surface area (Å²) in [6.45, 7) is 4.27. The zero-order chi connectivity index (χ0) is 14.4. The quantitative estimate of drug-likeness (QED) is 0.859. The highest BCUT2D eigenvalue weighted by molar-refractivity contribution is 5.81. The summed E-state index contributed by atoms with van der Waals surface area (Å²) in [5, 5.41) is 0. The van der Waals surface area contributed by atoms with Gasteiger partial charge in [-0.15, -0.1) is 0 Å². The number of carbonyl (C=O) groups excluding carboxylic acids is 1. The minimum atomic E-state index is -0.308. The molecule has 4 rings (SSSR count). The molecule has 3 nitrogen and oxygen atoms in total. The van der Waals surface area contributed by atoms with E-state index in [0.717, 1.165) is 30.1 Å². The van der Waals surface area contributed by atoms with Gasteiger partial charge in [-0.05, 0) is 68.1 Å². The molecule has 0 aromatic heterocycles. The Kier molecular flexibility index (Phi) is 3.83. The van der Waals surface area contributed by atoms with Crippen molar-refractivity contribution in [2.45, 2.75) is 64.5 Å². The maximum absolute atomic E-state index is 12.6. The highest BCUT2D eigenvalue weighted by atomic mass is 16.2. The molecule has 4 saturated carbocycles. The average Bonchev–Trinajstić information content (AvgIpc) is 2.35. The van der Waals surface area contributed by atoms with Gasteiger partial charge in [0.15, 0.2) is 0 Å². The minimum absolute atomic E-state index is 0.177. The maximum atomic E-state index is 12.6. The fourth-order valence-corrected chi connectivity index (χ4v) is 5.55. The molecule has 2 N–H and O–H groups in total. The Balaban J connectivity index is 1.68. The van der Waals surface area contributed by atoms with E-state index in [1.807, 2.05) is 11.9 Å². The predicted molar refractivity (Wildman–Crippen MR) is 81.0 cm³/mol. The maximum Gasteiger partial charge on any atom is 0.239 e. The lowest BCUT2D eigenvalue weighted by Gasteiger charge is -2.56. The van der Waals surface area contributed by atoms with Crippen LogP contribution in [0.15, 0.2) is 0 Å². The predicted octanol–water partition coefficient (Wildman–Crippen LogP) is 2.64. The molecule has 4 aliphatic carbocycles. The lowest BCUT2D eigenvalue weighted by atomic mass is 9.54. The SMILES string of the molecule is CC(C)C[C@@H](N)C(=O)N(C)C1C2CC3CC(C2)CC1C3. The van der Waals surface area contributed by atoms with E-state index in [9.17, 15) is 4.79 Å². The van der Waals surface area contributed by atoms with Crippen LogP contribution < -0.4 is 5.73 Å². The first-order valence-corrected chi connectivity index (χ1v) is 8.48. The fourth-order valence-electron chi connectivity index (χ4n) is 5.55. The molecule has 1 amide bonds. The summed E-state index contributed by atoms with van der Waals surface area (Å²) in [6, 6.07) is 0.172. The molecule has 0 aromatic carbocycles. The molecular weight excluding hydrogens is 248 g/mol. The molecule has 0 saturated heterocycles. The number of likely N-dealkylation sites (N-methyl/N-ethyl adjacent to an activating group) is 1. The molecule has 4 bridgehead atoms. The minimum Gasteiger partial charge on any atom is -0.341 e. The van der Waals surface area contributed by atoms with E-state index in [2.05, 4.69) is 13.8 Å². The van der Waals surface area contributed by atoms with Crippen molar-refractivity contribution in [3.05, 3.63) is 0 Å². The molecule has 3 heteroatoms. The third kappa shape index (κ3) is 2.49. The first-order chi connectivity index (χ1) is 9.45. The van der Waals surface area contributed by atoms with E-state index in [0.29, 0.717) is 12.0 Å². The standard InChI is InChI=1S/C17H30N2O/c1-10(2)4-15(18)17(20)19(3)16-13-6-11-5-12(8-13)9-14(16)7-11/h10-16H,4-9,18H2,1-3H3/t11?,12?,13?,14?,15-,16?/m1/s1. The zero-order valence-electron chi connectivity index (χ0n) is 13.2. The Hall–Kier alpha value is -0.570. The van der Waals surface area contributed by atoms with Crippen molar-refractivity contribution >= 4 is 5.91 Å². The van der Waals surface area contributed by atoms with E-state index >= 15 is 0 Å². The Morgan fingerprint density at radius 1 is 1.10 bits per heavy atom. The van der Waals surface area contributed by atoms with Crippen LogP contribution in [0, 0.1) is 29.6 Å². The lowest BCUT2D eigenvalue weighted by Crippen LogP contribution is -2.58. The van der Waals surface area contributed by atoms with Crippen molar-refractivity contribution in [3.63, 3.8) is 0 Å². The molecule has 1 atom stereocenters. The molecule has 0 spiro atoms. The second-order valence-electron chi connectivity index (χ2n) is 8.11. The Morgan fingerprint density at radius 3 is 2.05 bits per heavy atom. The summed E-state index contributed by atoms with van der Waals surface area (Å²) in [5.41, 5.74) is 6.12. The van der Waals surface area contributed by atoms with Gasteiger partial charge in [-0.3, -0.25) is 4.79 Å². The summed E-state index contributed by atoms with van der Waals surface area (Å²) in [5.74, 6) is 4.10. The third-order valence-corrected chi connectivity index (χ3v) is 6.01. The number of carbonyl (C=O) groups is 1. The van der Waals surface area contributed by atoms with Gasteiger partial charge >= 0.3 is 0 Å². The molecule has 0 aromatic rings. The first kappa shape index (κ1) is 14.4. The monoisotopic (exact) mass is 278 g/mol. The summed E-state index contributed by atoms with van der Waals surface area (Å²) in [6.07, 6.45) is 7.69. The number of nitrogens with two attached hydrogens (primary N) is 1. The number of rotatable bonds is 4. The van der Waals surface area contributed by atoms with Crippen LogP contribution in [-0.4, -0.2) is 29.9 Å². The van der Waals surface area contributed by atoms with Crippen LogP contribution in [0.1, 0.15) is 52.4 Å². The zero-order valence-corrected chi connectivity index (χ0v) is 13.2. The van der Waals surface area contributed by atoms with Crippen molar-refractivity contribution in [1.82, 2.24) is 4.90 Å². The summed E-state index contributed by atoms with van der Waals surface area (Å²) in [4.78, 5) is 14.6. The van der Waals surface area contributed by atoms with Crippen LogP contribution in [0.2, 0.25) is 0 Å². The van der Waals surface area contributed by atoms with Crippen LogP contribution in [0.5, 0.6) is 0 Å². The van der Waals surface area contributed by atoms with Gasteiger partial charge in [0, 0.05) is 13.1 Å². The topological polar surface area (TPSA) is 46.3 Å². The molecule has 4 aliphatic rings. The smallest absolute Gasteiger partial charge is 0.239 e. The second kappa shape index (κ2) is 5.32. The Bertz CT molecular complexity index is 351. The average molecular weight is 278 g/mol. The number of hydrogen-bond acceptors (Lipinski definition) is 2. The van der Waals surface area contributed by atoms with Crippen molar-refractivity contribution in [2.75, 3.05) is 7.05 Å². The second-order valence-corrected chi connectivity index (χ2v) is 8.11. The molecule has 0 heterocycles. The van der Waals surface area contributed by atoms with Gasteiger partial charge in [0.05, 0.1) is 6.04 Å². The largest absolute Gasteiger partial charge is 0.341 e. The molecule has 114 valence electrons. The van der Waals surface area contributed by atoms with Gasteiger partial charge < -0.3 is 10.6 Å². The summed E-state index contributed by atoms with van der Waals surface area (Å²) < 4.78 is 0. The van der Waals surface area contributed by atoms with E-state index in [1.54, 1.807) is 0 Å². The van der Waals surface area contributed by atoms with Crippen molar-refractivity contribution in [1.29, 1.82) is 0 Å². The van der Waals surface area contributed by atoms with Gasteiger partial charge in [0.25, 0.3) is 0 Å². The van der Waals surface area contributed by atoms with E-state index in [1.165, 1.54) is 32.1 Å². The number of amides is 1. The number of nitrogens with zero attached hydrogens (tertiary/aromatic N) is 1. The Morgan fingerprint density at radius 2 is 1.60 bits per heavy atom. The van der Waals surface area contributed by atoms with E-state index in [4.69, 9.17) is 5.73 Å². The van der Waals surface area contributed by atoms with Gasteiger partial charge in [-0.25, -0.2) is 0 Å². The van der Waals surface area contributed by atoms with Crippen molar-refractivity contribution < 1.29 is 4.79 Å². The van der Waals surface area contributed by atoms with Crippen LogP contribution in [-0.2, 0) is 4.79 Å². The molecule has 0 aliphatic heterocycles. The van der Waals surface area contributed by atoms with Crippen molar-refractivity contribution in [2.24, 2.45) is 35.3 Å². The first-order valence-electron chi connectivity index (χ1n) is 8.48. The fraction of sp³-hybridized carbons (Fsp3) is 0.941. The molecule has 4 fully saturated rings. The van der Waals surface area contributed by atoms with Crippen LogP contribution in [0.25, 0.3) is 0 Å². The Labute approximate surface area is 123 Å². The lowest BCUT2D eigenvalue weighted by molar-refractivity contribution is -0.142. The van der Waals surface area contributed by atoms with Crippen LogP contribution in [0.3, 0.4) is 0 Å². The highest BCUT2D eigenvalue weighted by Gasteiger charge is 2.50. The van der Waals surface area contributed by atoms with E-state index in [-0.39, 0.29) is 11.9 Å². The van der Waals surface area contributed by atoms with Crippen LogP contribution >= 0.6 is 0 Å². The van der Waals surface area contributed by atoms with E-state index < -0.39 is 0 Å². The van der Waals surface area contributed by atoms with Gasteiger partial charge in [0.2, 0.25) is 5.91 Å². The third-order valence-electron chi connectivity index (χ3n) is 6.01. The molecular formula is C17H30N2O. The molecule has 0 radical (unpaired) electrons. The molecule has 0 unspecified atom stereocenters. The number of hydrogen-bond donors (Lipinski definition) is 1. The van der Waals surface area contributed by atoms with Gasteiger partial charge in [-0.2, -0.15) is 0 Å². The summed E-state index contributed by atoms with van der Waals surface area (Å²) in [7, 11) is 2.01. The highest BCUT2D eigenvalue weighted by Crippen LogP contribution is 2.54. The van der Waals surface area contributed by atoms with Crippen molar-refractivity contribution in [3.8, 4) is 0 Å². The van der Waals surface area contributed by atoms with Crippen LogP contribution in [0.4, 0.5) is 0 Å². The summed E-state index contributed by atoms with van der Waals surface area (Å²) >= 11 is 0.